The van der Waals surface area contributed by atoms with Gasteiger partial charge in [0.2, 0.25) is 0 Å². The van der Waals surface area contributed by atoms with E-state index in [-0.39, 0.29) is 13.1 Å². The van der Waals surface area contributed by atoms with Gasteiger partial charge < -0.3 is 10.0 Å². The van der Waals surface area contributed by atoms with E-state index in [0.717, 1.165) is 32.4 Å². The zero-order valence-corrected chi connectivity index (χ0v) is 16.3. The van der Waals surface area contributed by atoms with Crippen molar-refractivity contribution in [1.82, 2.24) is 19.0 Å². The largest absolute Gasteiger partial charge is 0.511 e. The Labute approximate surface area is 168 Å². The molecule has 2 aliphatic rings. The van der Waals surface area contributed by atoms with E-state index in [0.29, 0.717) is 16.5 Å². The summed E-state index contributed by atoms with van der Waals surface area (Å²) >= 11 is 0. The van der Waals surface area contributed by atoms with Crippen LogP contribution >= 0.6 is 0 Å². The van der Waals surface area contributed by atoms with Crippen LogP contribution in [0.15, 0.2) is 12.3 Å². The van der Waals surface area contributed by atoms with E-state index in [2.05, 4.69) is 10.00 Å². The van der Waals surface area contributed by atoms with Crippen molar-refractivity contribution >= 4 is 16.0 Å². The molecule has 1 N–H and O–H groups in total. The van der Waals surface area contributed by atoms with Crippen LogP contribution in [0.25, 0.3) is 0 Å². The van der Waals surface area contributed by atoms with E-state index in [4.69, 9.17) is 9.90 Å². The Balaban J connectivity index is 0.000000396. The number of halogens is 6. The van der Waals surface area contributed by atoms with Crippen LogP contribution in [-0.2, 0) is 21.4 Å². The number of carboxylic acids is 1. The second kappa shape index (κ2) is 9.09. The first-order chi connectivity index (χ1) is 13.7. The molecule has 0 saturated carbocycles. The Morgan fingerprint density at radius 1 is 1.13 bits per heavy atom. The highest BCUT2D eigenvalue weighted by Crippen LogP contribution is 2.32. The van der Waals surface area contributed by atoms with Crippen LogP contribution in [0, 0.1) is 0 Å². The summed E-state index contributed by atoms with van der Waals surface area (Å²) in [6.45, 7) is 1.79. The molecule has 8 nitrogen and oxygen atoms in total. The van der Waals surface area contributed by atoms with E-state index in [9.17, 15) is 34.8 Å². The van der Waals surface area contributed by atoms with Gasteiger partial charge in [-0.3, -0.25) is 4.68 Å². The molecule has 30 heavy (non-hydrogen) atoms. The molecule has 0 radical (unpaired) electrons. The van der Waals surface area contributed by atoms with Crippen LogP contribution in [0.3, 0.4) is 0 Å². The van der Waals surface area contributed by atoms with Crippen molar-refractivity contribution < 1.29 is 44.7 Å². The maximum atomic E-state index is 12.8. The van der Waals surface area contributed by atoms with Crippen LogP contribution in [0.4, 0.5) is 26.3 Å². The number of rotatable bonds is 3. The lowest BCUT2D eigenvalue weighted by atomic mass is 10.1. The number of nitrogens with zero attached hydrogens (tertiary/aromatic N) is 4. The molecule has 1 unspecified atom stereocenters. The molecule has 1 aromatic heterocycles. The van der Waals surface area contributed by atoms with Crippen molar-refractivity contribution in [2.24, 2.45) is 0 Å². The third kappa shape index (κ3) is 5.85. The second-order valence-corrected chi connectivity index (χ2v) is 8.76. The summed E-state index contributed by atoms with van der Waals surface area (Å²) < 4.78 is 95.9. The van der Waals surface area contributed by atoms with Crippen molar-refractivity contribution in [3.63, 3.8) is 0 Å². The minimum atomic E-state index is -5.32. The van der Waals surface area contributed by atoms with Gasteiger partial charge in [-0.2, -0.15) is 35.7 Å². The molecule has 0 aromatic carbocycles. The minimum absolute atomic E-state index is 0.201. The van der Waals surface area contributed by atoms with E-state index in [1.54, 1.807) is 10.7 Å². The SMILES string of the molecule is O=C(O)C(F)(F)F.O=S(=O)(N1Cc2ccnn2C(CN2CCCCC2)C1)C(F)(F)F. The normalized spacial score (nSPS) is 21.5. The zero-order chi connectivity index (χ0) is 22.7. The number of likely N-dealkylation sites (tertiary alicyclic amines) is 1. The van der Waals surface area contributed by atoms with Crippen molar-refractivity contribution in [1.29, 1.82) is 0 Å². The number of aliphatic carboxylic acids is 1. The first-order valence-corrected chi connectivity index (χ1v) is 10.3. The van der Waals surface area contributed by atoms with Gasteiger partial charge in [0, 0.05) is 19.3 Å². The third-order valence-electron chi connectivity index (χ3n) is 4.64. The number of carboxylic acid groups (broad SMARTS) is 1. The highest BCUT2D eigenvalue weighted by atomic mass is 32.2. The fraction of sp³-hybridized carbons (Fsp3) is 0.733. The Hall–Kier alpha value is -1.87. The Kier molecular flexibility index (Phi) is 7.40. The van der Waals surface area contributed by atoms with Gasteiger partial charge in [-0.25, -0.2) is 13.2 Å². The van der Waals surface area contributed by atoms with Gasteiger partial charge in [-0.05, 0) is 32.0 Å². The lowest BCUT2D eigenvalue weighted by Crippen LogP contribution is -2.49. The van der Waals surface area contributed by atoms with Gasteiger partial charge in [0.1, 0.15) is 0 Å². The molecule has 3 heterocycles. The fourth-order valence-corrected chi connectivity index (χ4v) is 4.22. The third-order valence-corrected chi connectivity index (χ3v) is 6.19. The number of sulfonamides is 1. The number of hydrogen-bond donors (Lipinski definition) is 1. The van der Waals surface area contributed by atoms with Crippen LogP contribution in [0.2, 0.25) is 0 Å². The van der Waals surface area contributed by atoms with Crippen LogP contribution < -0.4 is 0 Å². The van der Waals surface area contributed by atoms with E-state index >= 15 is 0 Å². The summed E-state index contributed by atoms with van der Waals surface area (Å²) in [7, 11) is -5.32. The number of alkyl halides is 6. The second-order valence-electron chi connectivity index (χ2n) is 6.83. The Morgan fingerprint density at radius 2 is 1.70 bits per heavy atom. The zero-order valence-electron chi connectivity index (χ0n) is 15.5. The summed E-state index contributed by atoms with van der Waals surface area (Å²) in [4.78, 5) is 11.1. The van der Waals surface area contributed by atoms with Crippen molar-refractivity contribution in [3.8, 4) is 0 Å². The molecule has 0 aliphatic carbocycles. The Morgan fingerprint density at radius 3 is 2.20 bits per heavy atom. The maximum absolute atomic E-state index is 12.8. The lowest BCUT2D eigenvalue weighted by Gasteiger charge is -2.37. The quantitative estimate of drug-likeness (QED) is 0.687. The van der Waals surface area contributed by atoms with Gasteiger partial charge in [0.05, 0.1) is 18.3 Å². The highest BCUT2D eigenvalue weighted by Gasteiger charge is 2.51. The van der Waals surface area contributed by atoms with Gasteiger partial charge in [0.25, 0.3) is 0 Å². The molecule has 0 bridgehead atoms. The van der Waals surface area contributed by atoms with Gasteiger partial charge >= 0.3 is 27.7 Å². The molecule has 15 heteroatoms. The molecule has 1 saturated heterocycles. The maximum Gasteiger partial charge on any atom is 0.511 e. The molecule has 1 atom stereocenters. The predicted octanol–water partition coefficient (Wildman–Crippen LogP) is 2.21. The summed E-state index contributed by atoms with van der Waals surface area (Å²) in [6.07, 6.45) is -0.308. The standard InChI is InChI=1S/C13H19F3N4O2S.C2HF3O2/c14-13(15,16)23(21,22)19-9-11-4-5-17-20(11)12(10-19)8-18-6-2-1-3-7-18;3-2(4,5)1(6)7/h4-5,12H,1-3,6-10H2;(H,6,7). The number of hydrogen-bond acceptors (Lipinski definition) is 5. The number of piperidine rings is 1. The van der Waals surface area contributed by atoms with E-state index < -0.39 is 33.7 Å². The molecule has 3 rings (SSSR count). The summed E-state index contributed by atoms with van der Waals surface area (Å²) in [5, 5.41) is 11.3. The molecule has 172 valence electrons. The van der Waals surface area contributed by atoms with Crippen LogP contribution in [-0.4, -0.2) is 76.3 Å². The monoisotopic (exact) mass is 466 g/mol. The van der Waals surface area contributed by atoms with Crippen molar-refractivity contribution in [2.45, 2.75) is 43.5 Å². The fourth-order valence-electron chi connectivity index (χ4n) is 3.26. The molecule has 1 aromatic rings. The minimum Gasteiger partial charge on any atom is -0.475 e. The van der Waals surface area contributed by atoms with Crippen LogP contribution in [0.1, 0.15) is 31.0 Å². The molecule has 1 fully saturated rings. The predicted molar refractivity (Wildman–Crippen MR) is 90.6 cm³/mol. The number of aromatic nitrogens is 2. The first-order valence-electron chi connectivity index (χ1n) is 8.84. The lowest BCUT2D eigenvalue weighted by molar-refractivity contribution is -0.192. The number of carbonyl (C=O) groups is 1. The molecular formula is C15H20F6N4O4S. The van der Waals surface area contributed by atoms with Gasteiger partial charge in [-0.1, -0.05) is 6.42 Å². The smallest absolute Gasteiger partial charge is 0.475 e. The van der Waals surface area contributed by atoms with Crippen molar-refractivity contribution in [2.75, 3.05) is 26.2 Å². The molecule has 0 spiro atoms. The number of fused-ring (bicyclic) bond motifs is 1. The topological polar surface area (TPSA) is 95.7 Å². The van der Waals surface area contributed by atoms with E-state index in [1.165, 1.54) is 6.20 Å². The highest BCUT2D eigenvalue weighted by molar-refractivity contribution is 7.89. The Bertz CT molecular complexity index is 833. The average molecular weight is 466 g/mol. The van der Waals surface area contributed by atoms with Gasteiger partial charge in [-0.15, -0.1) is 0 Å². The van der Waals surface area contributed by atoms with E-state index in [1.807, 2.05) is 0 Å². The summed E-state index contributed by atoms with van der Waals surface area (Å²) in [5.74, 6) is -2.76. The van der Waals surface area contributed by atoms with Crippen LogP contribution in [0.5, 0.6) is 0 Å². The molecule has 0 amide bonds. The molecular weight excluding hydrogens is 446 g/mol. The summed E-state index contributed by atoms with van der Waals surface area (Å²) in [6, 6.07) is 1.17. The van der Waals surface area contributed by atoms with Gasteiger partial charge in [0.15, 0.2) is 0 Å². The van der Waals surface area contributed by atoms with Crippen molar-refractivity contribution in [3.05, 3.63) is 18.0 Å². The molecule has 2 aliphatic heterocycles. The average Bonchev–Trinajstić information content (AvgIpc) is 3.10. The first kappa shape index (κ1) is 24.4. The summed E-state index contributed by atoms with van der Waals surface area (Å²) in [5.41, 5.74) is -4.78.